The van der Waals surface area contributed by atoms with Gasteiger partial charge in [-0.15, -0.1) is 0 Å². The zero-order chi connectivity index (χ0) is 10.1. The van der Waals surface area contributed by atoms with Gasteiger partial charge in [-0.1, -0.05) is 0 Å². The van der Waals surface area contributed by atoms with Crippen molar-refractivity contribution in [3.05, 3.63) is 12.3 Å². The number of nitrogens with zero attached hydrogens (tertiary/aromatic N) is 2. The number of H-pyrrole nitrogens is 1. The van der Waals surface area contributed by atoms with Crippen molar-refractivity contribution in [3.63, 3.8) is 0 Å². The Kier molecular flexibility index (Phi) is 2.46. The highest BCUT2D eigenvalue weighted by Gasteiger charge is 2.30. The minimum Gasteiger partial charge on any atom is -0.393 e. The van der Waals surface area contributed by atoms with Gasteiger partial charge in [-0.2, -0.15) is 5.10 Å². The normalized spacial score (nSPS) is 33.4. The maximum atomic E-state index is 9.61. The van der Waals surface area contributed by atoms with Crippen LogP contribution in [-0.2, 0) is 0 Å². The van der Waals surface area contributed by atoms with E-state index in [4.69, 9.17) is 0 Å². The van der Waals surface area contributed by atoms with E-state index < -0.39 is 0 Å². The molecule has 0 bridgehead atoms. The van der Waals surface area contributed by atoms with Crippen LogP contribution < -0.4 is 4.90 Å². The molecule has 1 saturated heterocycles. The van der Waals surface area contributed by atoms with Crippen LogP contribution in [0.4, 0.5) is 5.82 Å². The van der Waals surface area contributed by atoms with Gasteiger partial charge < -0.3 is 10.0 Å². The first-order valence-corrected chi connectivity index (χ1v) is 5.14. The molecule has 1 unspecified atom stereocenters. The number of rotatable bonds is 1. The largest absolute Gasteiger partial charge is 0.393 e. The van der Waals surface area contributed by atoms with Gasteiger partial charge in [-0.25, -0.2) is 0 Å². The maximum Gasteiger partial charge on any atom is 0.124 e. The van der Waals surface area contributed by atoms with Crippen molar-refractivity contribution >= 4 is 5.82 Å². The van der Waals surface area contributed by atoms with Gasteiger partial charge in [-0.3, -0.25) is 5.10 Å². The standard InChI is InChI=1S/C10H17N3O/c1-7-5-9(14)6-8(2)13(7)10-3-4-11-12-10/h3-4,7-9,14H,5-6H2,1-2H3,(H,11,12)/t7-,8+,9?. The lowest BCUT2D eigenvalue weighted by Crippen LogP contribution is -2.48. The van der Waals surface area contributed by atoms with Crippen molar-refractivity contribution in [2.24, 2.45) is 0 Å². The monoisotopic (exact) mass is 195 g/mol. The number of piperidine rings is 1. The van der Waals surface area contributed by atoms with Crippen LogP contribution in [0.1, 0.15) is 26.7 Å². The summed E-state index contributed by atoms with van der Waals surface area (Å²) in [5, 5.41) is 16.5. The Balaban J connectivity index is 2.18. The Bertz CT molecular complexity index is 274. The van der Waals surface area contributed by atoms with Gasteiger partial charge in [0.2, 0.25) is 0 Å². The summed E-state index contributed by atoms with van der Waals surface area (Å²) in [5.41, 5.74) is 0. The minimum atomic E-state index is -0.154. The molecule has 0 spiro atoms. The van der Waals surface area contributed by atoms with Crippen LogP contribution in [0.15, 0.2) is 12.3 Å². The molecule has 0 aromatic carbocycles. The highest BCUT2D eigenvalue weighted by molar-refractivity contribution is 5.40. The van der Waals surface area contributed by atoms with E-state index in [1.165, 1.54) is 0 Å². The number of hydrogen-bond donors (Lipinski definition) is 2. The number of aliphatic hydroxyl groups is 1. The summed E-state index contributed by atoms with van der Waals surface area (Å²) < 4.78 is 0. The third-order valence-corrected chi connectivity index (χ3v) is 2.94. The molecule has 2 N–H and O–H groups in total. The summed E-state index contributed by atoms with van der Waals surface area (Å²) in [6.07, 6.45) is 3.28. The zero-order valence-corrected chi connectivity index (χ0v) is 8.64. The van der Waals surface area contributed by atoms with E-state index in [1.54, 1.807) is 6.20 Å². The molecule has 4 nitrogen and oxygen atoms in total. The maximum absolute atomic E-state index is 9.61. The third-order valence-electron chi connectivity index (χ3n) is 2.94. The molecule has 1 fully saturated rings. The van der Waals surface area contributed by atoms with Gasteiger partial charge in [0.1, 0.15) is 5.82 Å². The molecule has 0 aliphatic carbocycles. The molecule has 1 aromatic heterocycles. The highest BCUT2D eigenvalue weighted by Crippen LogP contribution is 2.27. The van der Waals surface area contributed by atoms with Gasteiger partial charge in [0, 0.05) is 18.2 Å². The molecule has 4 heteroatoms. The second-order valence-corrected chi connectivity index (χ2v) is 4.17. The summed E-state index contributed by atoms with van der Waals surface area (Å²) in [5.74, 6) is 1.05. The predicted molar refractivity (Wildman–Crippen MR) is 55.2 cm³/mol. The van der Waals surface area contributed by atoms with Crippen molar-refractivity contribution in [1.29, 1.82) is 0 Å². The SMILES string of the molecule is C[C@@H]1CC(O)C[C@H](C)N1c1ccn[nH]1. The van der Waals surface area contributed by atoms with Crippen LogP contribution in [0.2, 0.25) is 0 Å². The topological polar surface area (TPSA) is 52.1 Å². The quantitative estimate of drug-likeness (QED) is 0.706. The van der Waals surface area contributed by atoms with E-state index in [9.17, 15) is 5.11 Å². The third kappa shape index (κ3) is 1.62. The highest BCUT2D eigenvalue weighted by atomic mass is 16.3. The van der Waals surface area contributed by atoms with Crippen LogP contribution in [0.5, 0.6) is 0 Å². The lowest BCUT2D eigenvalue weighted by atomic mass is 9.95. The number of hydrogen-bond acceptors (Lipinski definition) is 3. The van der Waals surface area contributed by atoms with Crippen molar-refractivity contribution in [2.45, 2.75) is 44.9 Å². The summed E-state index contributed by atoms with van der Waals surface area (Å²) >= 11 is 0. The Morgan fingerprint density at radius 2 is 2.07 bits per heavy atom. The summed E-state index contributed by atoms with van der Waals surface area (Å²) in [7, 11) is 0. The number of aromatic amines is 1. The van der Waals surface area contributed by atoms with Crippen molar-refractivity contribution < 1.29 is 5.11 Å². The van der Waals surface area contributed by atoms with Crippen molar-refractivity contribution in [1.82, 2.24) is 10.2 Å². The average molecular weight is 195 g/mol. The second-order valence-electron chi connectivity index (χ2n) is 4.17. The Morgan fingerprint density at radius 1 is 1.43 bits per heavy atom. The Hall–Kier alpha value is -1.03. The molecule has 2 heterocycles. The zero-order valence-electron chi connectivity index (χ0n) is 8.64. The predicted octanol–water partition coefficient (Wildman–Crippen LogP) is 1.15. The molecule has 0 saturated carbocycles. The lowest BCUT2D eigenvalue weighted by molar-refractivity contribution is 0.116. The fraction of sp³-hybridized carbons (Fsp3) is 0.700. The first-order chi connectivity index (χ1) is 6.68. The van der Waals surface area contributed by atoms with Gasteiger partial charge in [0.15, 0.2) is 0 Å². The lowest BCUT2D eigenvalue weighted by Gasteiger charge is -2.41. The molecule has 0 amide bonds. The van der Waals surface area contributed by atoms with Crippen LogP contribution in [0.3, 0.4) is 0 Å². The van der Waals surface area contributed by atoms with Crippen LogP contribution in [0.25, 0.3) is 0 Å². The molecule has 3 atom stereocenters. The summed E-state index contributed by atoms with van der Waals surface area (Å²) in [6, 6.07) is 2.72. The fourth-order valence-corrected chi connectivity index (χ4v) is 2.41. The number of nitrogens with one attached hydrogen (secondary N) is 1. The molecular formula is C10H17N3O. The first-order valence-electron chi connectivity index (χ1n) is 5.14. The average Bonchev–Trinajstić information content (AvgIpc) is 2.54. The van der Waals surface area contributed by atoms with Crippen molar-refractivity contribution in [3.8, 4) is 0 Å². The Labute approximate surface area is 83.9 Å². The van der Waals surface area contributed by atoms with E-state index >= 15 is 0 Å². The van der Waals surface area contributed by atoms with Gasteiger partial charge >= 0.3 is 0 Å². The minimum absolute atomic E-state index is 0.154. The molecule has 2 rings (SSSR count). The van der Waals surface area contributed by atoms with Crippen molar-refractivity contribution in [2.75, 3.05) is 4.90 Å². The molecular weight excluding hydrogens is 178 g/mol. The molecule has 14 heavy (non-hydrogen) atoms. The van der Waals surface area contributed by atoms with Gasteiger partial charge in [0.05, 0.1) is 12.3 Å². The van der Waals surface area contributed by atoms with Crippen LogP contribution in [0, 0.1) is 0 Å². The number of aliphatic hydroxyl groups excluding tert-OH is 1. The van der Waals surface area contributed by atoms with E-state index in [1.807, 2.05) is 6.07 Å². The smallest absolute Gasteiger partial charge is 0.124 e. The number of aromatic nitrogens is 2. The van der Waals surface area contributed by atoms with E-state index in [2.05, 4.69) is 28.9 Å². The summed E-state index contributed by atoms with van der Waals surface area (Å²) in [4.78, 5) is 2.29. The van der Waals surface area contributed by atoms with E-state index in [-0.39, 0.29) is 6.10 Å². The molecule has 1 aromatic rings. The number of anilines is 1. The molecule has 1 aliphatic rings. The van der Waals surface area contributed by atoms with E-state index in [0.717, 1.165) is 18.7 Å². The van der Waals surface area contributed by atoms with E-state index in [0.29, 0.717) is 12.1 Å². The molecule has 1 aliphatic heterocycles. The van der Waals surface area contributed by atoms with Gasteiger partial charge in [0.25, 0.3) is 0 Å². The second kappa shape index (κ2) is 3.61. The Morgan fingerprint density at radius 3 is 2.57 bits per heavy atom. The first kappa shape index (κ1) is 9.52. The van der Waals surface area contributed by atoms with Crippen LogP contribution in [-0.4, -0.2) is 33.5 Å². The van der Waals surface area contributed by atoms with Crippen LogP contribution >= 0.6 is 0 Å². The fourth-order valence-electron chi connectivity index (χ4n) is 2.41. The molecule has 78 valence electrons. The van der Waals surface area contributed by atoms with Gasteiger partial charge in [-0.05, 0) is 26.7 Å². The molecule has 0 radical (unpaired) electrons. The summed E-state index contributed by atoms with van der Waals surface area (Å²) in [6.45, 7) is 4.28.